The number of thioether (sulfide) groups is 1. The molecule has 4 nitrogen and oxygen atoms in total. The van der Waals surface area contributed by atoms with Crippen LogP contribution in [0.3, 0.4) is 0 Å². The van der Waals surface area contributed by atoms with E-state index in [4.69, 9.17) is 10.00 Å². The van der Waals surface area contributed by atoms with Crippen LogP contribution < -0.4 is 0 Å². The Morgan fingerprint density at radius 1 is 1.59 bits per heavy atom. The number of carbonyl (C=O) groups excluding carboxylic acids is 1. The van der Waals surface area contributed by atoms with Gasteiger partial charge >= 0.3 is 5.97 Å². The summed E-state index contributed by atoms with van der Waals surface area (Å²) < 4.78 is 5.16. The van der Waals surface area contributed by atoms with E-state index in [2.05, 4.69) is 4.98 Å². The van der Waals surface area contributed by atoms with E-state index >= 15 is 0 Å². The molecule has 0 atom stereocenters. The molecule has 1 rings (SSSR count). The molecule has 1 aromatic heterocycles. The molecule has 1 aromatic rings. The van der Waals surface area contributed by atoms with Gasteiger partial charge in [0.1, 0.15) is 5.60 Å². The molecule has 17 heavy (non-hydrogen) atoms. The molecule has 0 amide bonds. The fourth-order valence-electron chi connectivity index (χ4n) is 1.06. The zero-order valence-electron chi connectivity index (χ0n) is 10.1. The van der Waals surface area contributed by atoms with Crippen molar-refractivity contribution in [3.8, 4) is 6.07 Å². The minimum absolute atomic E-state index is 0.194. The smallest absolute Gasteiger partial charge is 0.316 e. The maximum absolute atomic E-state index is 11.5. The Morgan fingerprint density at radius 2 is 2.29 bits per heavy atom. The van der Waals surface area contributed by atoms with Crippen LogP contribution in [0.15, 0.2) is 23.4 Å². The molecule has 0 aliphatic carbocycles. The van der Waals surface area contributed by atoms with Crippen LogP contribution in [-0.4, -0.2) is 22.3 Å². The van der Waals surface area contributed by atoms with E-state index < -0.39 is 5.60 Å². The average Bonchev–Trinajstić information content (AvgIpc) is 2.24. The standard InChI is InChI=1S/C12H14N2O2S/c1-12(2,3)16-11(15)8-17-10-6-9(7-13)4-5-14-10/h4-6H,8H2,1-3H3. The Labute approximate surface area is 105 Å². The summed E-state index contributed by atoms with van der Waals surface area (Å²) in [5.41, 5.74) is 0.0613. The SMILES string of the molecule is CC(C)(C)OC(=O)CSc1cc(C#N)ccn1. The number of ether oxygens (including phenoxy) is 1. The highest BCUT2D eigenvalue weighted by Gasteiger charge is 2.16. The molecule has 0 aromatic carbocycles. The minimum Gasteiger partial charge on any atom is -0.459 e. The van der Waals surface area contributed by atoms with Gasteiger partial charge < -0.3 is 4.74 Å². The molecule has 90 valence electrons. The summed E-state index contributed by atoms with van der Waals surface area (Å²) in [5.74, 6) is -0.0919. The highest BCUT2D eigenvalue weighted by Crippen LogP contribution is 2.17. The van der Waals surface area contributed by atoms with Crippen LogP contribution in [0, 0.1) is 11.3 Å². The van der Waals surface area contributed by atoms with Crippen molar-refractivity contribution in [2.75, 3.05) is 5.75 Å². The molecular formula is C12H14N2O2S. The van der Waals surface area contributed by atoms with Crippen molar-refractivity contribution in [2.45, 2.75) is 31.4 Å². The highest BCUT2D eigenvalue weighted by atomic mass is 32.2. The molecule has 0 spiro atoms. The highest BCUT2D eigenvalue weighted by molar-refractivity contribution is 7.99. The molecular weight excluding hydrogens is 236 g/mol. The van der Waals surface area contributed by atoms with Crippen molar-refractivity contribution in [2.24, 2.45) is 0 Å². The molecule has 0 fully saturated rings. The van der Waals surface area contributed by atoms with Crippen molar-refractivity contribution in [1.29, 1.82) is 5.26 Å². The predicted octanol–water partition coefficient (Wildman–Crippen LogP) is 2.39. The Kier molecular flexibility index (Phi) is 4.53. The molecule has 1 heterocycles. The van der Waals surface area contributed by atoms with Crippen molar-refractivity contribution >= 4 is 17.7 Å². The topological polar surface area (TPSA) is 63.0 Å². The number of nitrogens with zero attached hydrogens (tertiary/aromatic N) is 2. The zero-order valence-corrected chi connectivity index (χ0v) is 10.9. The van der Waals surface area contributed by atoms with Gasteiger partial charge in [-0.1, -0.05) is 11.8 Å². The second kappa shape index (κ2) is 5.69. The number of hydrogen-bond acceptors (Lipinski definition) is 5. The van der Waals surface area contributed by atoms with Gasteiger partial charge in [0.2, 0.25) is 0 Å². The second-order valence-corrected chi connectivity index (χ2v) is 5.37. The summed E-state index contributed by atoms with van der Waals surface area (Å²) in [5, 5.41) is 9.36. The first-order valence-electron chi connectivity index (χ1n) is 5.11. The van der Waals surface area contributed by atoms with Crippen LogP contribution in [0.25, 0.3) is 0 Å². The number of hydrogen-bond donors (Lipinski definition) is 0. The van der Waals surface area contributed by atoms with Gasteiger partial charge in [-0.25, -0.2) is 4.98 Å². The number of pyridine rings is 1. The fraction of sp³-hybridized carbons (Fsp3) is 0.417. The normalized spacial score (nSPS) is 10.7. The molecule has 0 aliphatic rings. The van der Waals surface area contributed by atoms with E-state index in [0.717, 1.165) is 0 Å². The van der Waals surface area contributed by atoms with Crippen molar-refractivity contribution in [1.82, 2.24) is 4.98 Å². The zero-order chi connectivity index (χ0) is 12.9. The van der Waals surface area contributed by atoms with Crippen LogP contribution in [-0.2, 0) is 9.53 Å². The summed E-state index contributed by atoms with van der Waals surface area (Å²) >= 11 is 1.26. The predicted molar refractivity (Wildman–Crippen MR) is 65.5 cm³/mol. The maximum atomic E-state index is 11.5. The van der Waals surface area contributed by atoms with Crippen LogP contribution in [0.1, 0.15) is 26.3 Å². The van der Waals surface area contributed by atoms with Gasteiger partial charge in [-0.05, 0) is 32.9 Å². The number of aromatic nitrogens is 1. The van der Waals surface area contributed by atoms with E-state index in [1.165, 1.54) is 11.8 Å². The number of esters is 1. The van der Waals surface area contributed by atoms with Gasteiger partial charge in [0.25, 0.3) is 0 Å². The summed E-state index contributed by atoms with van der Waals surface area (Å²) in [6.45, 7) is 5.47. The van der Waals surface area contributed by atoms with Crippen LogP contribution in [0.5, 0.6) is 0 Å². The van der Waals surface area contributed by atoms with Crippen LogP contribution in [0.2, 0.25) is 0 Å². The summed E-state index contributed by atoms with van der Waals surface area (Å²) in [4.78, 5) is 15.5. The third-order valence-electron chi connectivity index (χ3n) is 1.62. The summed E-state index contributed by atoms with van der Waals surface area (Å²) in [6.07, 6.45) is 1.55. The first-order valence-corrected chi connectivity index (χ1v) is 6.10. The fourth-order valence-corrected chi connectivity index (χ4v) is 1.73. The van der Waals surface area contributed by atoms with E-state index in [0.29, 0.717) is 10.6 Å². The van der Waals surface area contributed by atoms with Gasteiger partial charge in [0.05, 0.1) is 22.4 Å². The maximum Gasteiger partial charge on any atom is 0.316 e. The molecule has 0 saturated carbocycles. The Bertz CT molecular complexity index is 447. The Balaban J connectivity index is 2.51. The van der Waals surface area contributed by atoms with Gasteiger partial charge in [-0.15, -0.1) is 0 Å². The monoisotopic (exact) mass is 250 g/mol. The number of rotatable bonds is 3. The van der Waals surface area contributed by atoms with Gasteiger partial charge in [0, 0.05) is 6.20 Å². The quantitative estimate of drug-likeness (QED) is 0.609. The van der Waals surface area contributed by atoms with Crippen molar-refractivity contribution in [3.05, 3.63) is 23.9 Å². The molecule has 0 unspecified atom stereocenters. The average molecular weight is 250 g/mol. The lowest BCUT2D eigenvalue weighted by molar-refractivity contribution is -0.151. The molecule has 5 heteroatoms. The molecule has 0 bridgehead atoms. The minimum atomic E-state index is -0.473. The summed E-state index contributed by atoms with van der Waals surface area (Å²) in [6, 6.07) is 5.29. The van der Waals surface area contributed by atoms with Gasteiger partial charge in [-0.3, -0.25) is 4.79 Å². The van der Waals surface area contributed by atoms with Crippen molar-refractivity contribution in [3.63, 3.8) is 0 Å². The van der Waals surface area contributed by atoms with E-state index in [1.807, 2.05) is 26.8 Å². The number of nitriles is 1. The van der Waals surface area contributed by atoms with Crippen LogP contribution >= 0.6 is 11.8 Å². The lowest BCUT2D eigenvalue weighted by atomic mass is 10.2. The van der Waals surface area contributed by atoms with E-state index in [1.54, 1.807) is 18.3 Å². The lowest BCUT2D eigenvalue weighted by Gasteiger charge is -2.19. The van der Waals surface area contributed by atoms with E-state index in [-0.39, 0.29) is 11.7 Å². The largest absolute Gasteiger partial charge is 0.459 e. The molecule has 0 N–H and O–H groups in total. The third-order valence-corrected chi connectivity index (χ3v) is 2.52. The van der Waals surface area contributed by atoms with Crippen molar-refractivity contribution < 1.29 is 9.53 Å². The first kappa shape index (κ1) is 13.5. The second-order valence-electron chi connectivity index (χ2n) is 4.37. The first-order chi connectivity index (χ1) is 7.90. The van der Waals surface area contributed by atoms with Gasteiger partial charge in [-0.2, -0.15) is 5.26 Å². The Morgan fingerprint density at radius 3 is 2.88 bits per heavy atom. The number of carbonyl (C=O) groups is 1. The lowest BCUT2D eigenvalue weighted by Crippen LogP contribution is -2.24. The Hall–Kier alpha value is -1.54. The van der Waals surface area contributed by atoms with E-state index in [9.17, 15) is 4.79 Å². The third kappa shape index (κ3) is 5.36. The summed E-state index contributed by atoms with van der Waals surface area (Å²) in [7, 11) is 0. The molecule has 0 saturated heterocycles. The molecule has 0 radical (unpaired) electrons. The molecule has 0 aliphatic heterocycles. The van der Waals surface area contributed by atoms with Crippen LogP contribution in [0.4, 0.5) is 0 Å². The van der Waals surface area contributed by atoms with Gasteiger partial charge in [0.15, 0.2) is 0 Å².